The average Bonchev–Trinajstić information content (AvgIpc) is 2.94. The molecule has 1 heterocycles. The molecule has 0 spiro atoms. The lowest BCUT2D eigenvalue weighted by Gasteiger charge is -2.16. The monoisotopic (exact) mass is 381 g/mol. The van der Waals surface area contributed by atoms with Crippen LogP contribution >= 0.6 is 0 Å². The van der Waals surface area contributed by atoms with Crippen LogP contribution in [-0.4, -0.2) is 42.3 Å². The van der Waals surface area contributed by atoms with E-state index < -0.39 is 6.04 Å². The second kappa shape index (κ2) is 8.56. The number of anilines is 2. The van der Waals surface area contributed by atoms with Crippen LogP contribution in [0.15, 0.2) is 48.5 Å². The van der Waals surface area contributed by atoms with E-state index in [4.69, 9.17) is 4.74 Å². The zero-order valence-corrected chi connectivity index (χ0v) is 15.9. The van der Waals surface area contributed by atoms with Gasteiger partial charge in [0.25, 0.3) is 5.91 Å². The van der Waals surface area contributed by atoms with Gasteiger partial charge in [0.15, 0.2) is 0 Å². The zero-order chi connectivity index (χ0) is 20.1. The molecule has 1 aliphatic rings. The van der Waals surface area contributed by atoms with Crippen molar-refractivity contribution in [2.45, 2.75) is 25.8 Å². The highest BCUT2D eigenvalue weighted by Crippen LogP contribution is 2.21. The van der Waals surface area contributed by atoms with Crippen LogP contribution in [0.1, 0.15) is 18.9 Å². The van der Waals surface area contributed by atoms with E-state index in [0.29, 0.717) is 18.7 Å². The van der Waals surface area contributed by atoms with Gasteiger partial charge in [-0.2, -0.15) is 0 Å². The molecule has 28 heavy (non-hydrogen) atoms. The standard InChI is InChI=1S/C21H23N3O4/c1-14(25)22-16-5-7-17(8-6-16)23-19-13-20(26)24(21(19)27)12-11-15-3-9-18(28-2)10-4-15/h3-10,19,23H,11-13H2,1-2H3,(H,22,25)/t19-/m0/s1. The van der Waals surface area contributed by atoms with Crippen LogP contribution in [0.3, 0.4) is 0 Å². The SMILES string of the molecule is COc1ccc(CCN2C(=O)C[C@H](Nc3ccc(NC(C)=O)cc3)C2=O)cc1. The highest BCUT2D eigenvalue weighted by atomic mass is 16.5. The van der Waals surface area contributed by atoms with Crippen molar-refractivity contribution in [3.05, 3.63) is 54.1 Å². The summed E-state index contributed by atoms with van der Waals surface area (Å²) in [6.07, 6.45) is 0.731. The number of carbonyl (C=O) groups excluding carboxylic acids is 3. The van der Waals surface area contributed by atoms with Gasteiger partial charge in [0.1, 0.15) is 11.8 Å². The Labute approximate surface area is 163 Å². The maximum Gasteiger partial charge on any atom is 0.252 e. The Bertz CT molecular complexity index is 862. The van der Waals surface area contributed by atoms with Gasteiger partial charge in [-0.15, -0.1) is 0 Å². The minimum absolute atomic E-state index is 0.134. The molecule has 7 nitrogen and oxygen atoms in total. The minimum Gasteiger partial charge on any atom is -0.497 e. The Morgan fingerprint density at radius 3 is 2.32 bits per heavy atom. The van der Waals surface area contributed by atoms with Gasteiger partial charge in [-0.3, -0.25) is 19.3 Å². The van der Waals surface area contributed by atoms with Gasteiger partial charge in [-0.25, -0.2) is 0 Å². The molecular formula is C21H23N3O4. The molecule has 0 radical (unpaired) electrons. The first-order chi connectivity index (χ1) is 13.5. The lowest BCUT2D eigenvalue weighted by Crippen LogP contribution is -2.36. The molecular weight excluding hydrogens is 358 g/mol. The molecule has 0 saturated carbocycles. The fraction of sp³-hybridized carbons (Fsp3) is 0.286. The predicted octanol–water partition coefficient (Wildman–Crippen LogP) is 2.44. The summed E-state index contributed by atoms with van der Waals surface area (Å²) in [6.45, 7) is 1.79. The van der Waals surface area contributed by atoms with Crippen LogP contribution in [-0.2, 0) is 20.8 Å². The number of carbonyl (C=O) groups is 3. The van der Waals surface area contributed by atoms with Gasteiger partial charge in [0.05, 0.1) is 13.5 Å². The number of nitrogens with zero attached hydrogens (tertiary/aromatic N) is 1. The molecule has 2 aromatic rings. The van der Waals surface area contributed by atoms with E-state index in [-0.39, 0.29) is 24.1 Å². The topological polar surface area (TPSA) is 87.7 Å². The molecule has 1 atom stereocenters. The van der Waals surface area contributed by atoms with E-state index in [1.165, 1.54) is 11.8 Å². The van der Waals surface area contributed by atoms with Crippen LogP contribution in [0.5, 0.6) is 5.75 Å². The van der Waals surface area contributed by atoms with Crippen molar-refractivity contribution in [3.8, 4) is 5.75 Å². The van der Waals surface area contributed by atoms with Crippen molar-refractivity contribution >= 4 is 29.1 Å². The largest absolute Gasteiger partial charge is 0.497 e. The zero-order valence-electron chi connectivity index (χ0n) is 15.9. The molecule has 0 aliphatic carbocycles. The summed E-state index contributed by atoms with van der Waals surface area (Å²) in [5.74, 6) is 0.228. The maximum absolute atomic E-state index is 12.6. The van der Waals surface area contributed by atoms with E-state index in [0.717, 1.165) is 17.0 Å². The minimum atomic E-state index is -0.574. The van der Waals surface area contributed by atoms with Crippen molar-refractivity contribution in [3.63, 3.8) is 0 Å². The molecule has 0 unspecified atom stereocenters. The highest BCUT2D eigenvalue weighted by molar-refractivity contribution is 6.06. The number of amides is 3. The van der Waals surface area contributed by atoms with Crippen molar-refractivity contribution < 1.29 is 19.1 Å². The molecule has 1 aliphatic heterocycles. The number of likely N-dealkylation sites (tertiary alicyclic amines) is 1. The van der Waals surface area contributed by atoms with Gasteiger partial charge < -0.3 is 15.4 Å². The van der Waals surface area contributed by atoms with Crippen LogP contribution < -0.4 is 15.4 Å². The van der Waals surface area contributed by atoms with Crippen molar-refractivity contribution in [2.75, 3.05) is 24.3 Å². The second-order valence-corrected chi connectivity index (χ2v) is 6.64. The number of imide groups is 1. The maximum atomic E-state index is 12.6. The molecule has 1 fully saturated rings. The molecule has 146 valence electrons. The Morgan fingerprint density at radius 2 is 1.71 bits per heavy atom. The first-order valence-electron chi connectivity index (χ1n) is 9.07. The fourth-order valence-electron chi connectivity index (χ4n) is 3.12. The van der Waals surface area contributed by atoms with Crippen molar-refractivity contribution in [1.29, 1.82) is 0 Å². The number of rotatable bonds is 7. The number of hydrogen-bond donors (Lipinski definition) is 2. The molecule has 7 heteroatoms. The summed E-state index contributed by atoms with van der Waals surface area (Å²) >= 11 is 0. The molecule has 3 rings (SSSR count). The number of methoxy groups -OCH3 is 1. The summed E-state index contributed by atoms with van der Waals surface area (Å²) in [6, 6.07) is 14.0. The van der Waals surface area contributed by atoms with E-state index in [1.807, 2.05) is 24.3 Å². The molecule has 3 amide bonds. The third-order valence-electron chi connectivity index (χ3n) is 4.57. The Balaban J connectivity index is 1.57. The molecule has 2 N–H and O–H groups in total. The quantitative estimate of drug-likeness (QED) is 0.720. The summed E-state index contributed by atoms with van der Waals surface area (Å²) in [4.78, 5) is 37.3. The normalized spacial score (nSPS) is 16.2. The Morgan fingerprint density at radius 1 is 1.07 bits per heavy atom. The lowest BCUT2D eigenvalue weighted by molar-refractivity contribution is -0.138. The van der Waals surface area contributed by atoms with E-state index in [9.17, 15) is 14.4 Å². The first-order valence-corrected chi connectivity index (χ1v) is 9.07. The van der Waals surface area contributed by atoms with Gasteiger partial charge in [-0.05, 0) is 48.4 Å². The Kier molecular flexibility index (Phi) is 5.93. The summed E-state index contributed by atoms with van der Waals surface area (Å²) in [5.41, 5.74) is 2.43. The third-order valence-corrected chi connectivity index (χ3v) is 4.57. The molecule has 1 saturated heterocycles. The summed E-state index contributed by atoms with van der Waals surface area (Å²) < 4.78 is 5.13. The number of hydrogen-bond acceptors (Lipinski definition) is 5. The van der Waals surface area contributed by atoms with Gasteiger partial charge in [0, 0.05) is 24.8 Å². The average molecular weight is 381 g/mol. The molecule has 0 bridgehead atoms. The van der Waals surface area contributed by atoms with Crippen molar-refractivity contribution in [1.82, 2.24) is 4.90 Å². The molecule has 2 aromatic carbocycles. The van der Waals surface area contributed by atoms with Crippen LogP contribution in [0.25, 0.3) is 0 Å². The summed E-state index contributed by atoms with van der Waals surface area (Å²) in [7, 11) is 1.61. The number of ether oxygens (including phenoxy) is 1. The summed E-state index contributed by atoms with van der Waals surface area (Å²) in [5, 5.41) is 5.79. The number of benzene rings is 2. The molecule has 0 aromatic heterocycles. The van der Waals surface area contributed by atoms with E-state index >= 15 is 0 Å². The highest BCUT2D eigenvalue weighted by Gasteiger charge is 2.38. The van der Waals surface area contributed by atoms with Gasteiger partial charge >= 0.3 is 0 Å². The van der Waals surface area contributed by atoms with Crippen LogP contribution in [0.2, 0.25) is 0 Å². The third kappa shape index (κ3) is 4.68. The van der Waals surface area contributed by atoms with Crippen LogP contribution in [0, 0.1) is 0 Å². The van der Waals surface area contributed by atoms with Crippen LogP contribution in [0.4, 0.5) is 11.4 Å². The van der Waals surface area contributed by atoms with E-state index in [2.05, 4.69) is 10.6 Å². The smallest absolute Gasteiger partial charge is 0.252 e. The lowest BCUT2D eigenvalue weighted by atomic mass is 10.1. The first kappa shape index (κ1) is 19.4. The second-order valence-electron chi connectivity index (χ2n) is 6.64. The predicted molar refractivity (Wildman–Crippen MR) is 106 cm³/mol. The van der Waals surface area contributed by atoms with Gasteiger partial charge in [-0.1, -0.05) is 12.1 Å². The number of nitrogens with one attached hydrogen (secondary N) is 2. The van der Waals surface area contributed by atoms with E-state index in [1.54, 1.807) is 31.4 Å². The van der Waals surface area contributed by atoms with Crippen molar-refractivity contribution in [2.24, 2.45) is 0 Å². The fourth-order valence-corrected chi connectivity index (χ4v) is 3.12. The Hall–Kier alpha value is -3.35. The van der Waals surface area contributed by atoms with Gasteiger partial charge in [0.2, 0.25) is 11.8 Å².